The molecule has 4 N–H and O–H groups in total. The fourth-order valence-corrected chi connectivity index (χ4v) is 7.19. The summed E-state index contributed by atoms with van der Waals surface area (Å²) in [7, 11) is 0. The maximum atomic E-state index is 11.2. The minimum absolute atomic E-state index is 0.0109. The Morgan fingerprint density at radius 3 is 1.94 bits per heavy atom. The van der Waals surface area contributed by atoms with Crippen molar-refractivity contribution < 1.29 is 39.4 Å². The molecule has 2 aliphatic rings. The van der Waals surface area contributed by atoms with E-state index in [-0.39, 0.29) is 42.0 Å². The summed E-state index contributed by atoms with van der Waals surface area (Å²) in [6.07, 6.45) is 8.99. The molecule has 3 aromatic rings. The third-order valence-corrected chi connectivity index (χ3v) is 9.95. The average Bonchev–Trinajstić information content (AvgIpc) is 3.08. The fraction of sp³-hybridized carbons (Fsp3) is 0.600. The van der Waals surface area contributed by atoms with Gasteiger partial charge in [-0.25, -0.2) is 0 Å². The number of fused-ring (bicyclic) bond motifs is 1. The lowest BCUT2D eigenvalue weighted by molar-refractivity contribution is -0.253. The van der Waals surface area contributed by atoms with Gasteiger partial charge < -0.3 is 39.4 Å². The van der Waals surface area contributed by atoms with E-state index < -0.39 is 18.7 Å². The second-order valence-electron chi connectivity index (χ2n) is 13.8. The van der Waals surface area contributed by atoms with Crippen LogP contribution < -0.4 is 0 Å². The van der Waals surface area contributed by atoms with Crippen molar-refractivity contribution in [3.63, 3.8) is 0 Å². The zero-order valence-corrected chi connectivity index (χ0v) is 28.7. The highest BCUT2D eigenvalue weighted by molar-refractivity contribution is 5.87. The molecule has 0 spiro atoms. The van der Waals surface area contributed by atoms with E-state index >= 15 is 0 Å². The summed E-state index contributed by atoms with van der Waals surface area (Å²) >= 11 is 0. The van der Waals surface area contributed by atoms with Crippen LogP contribution in [0.3, 0.4) is 0 Å². The molecule has 0 aromatic heterocycles. The number of rotatable bonds is 17. The molecule has 48 heavy (non-hydrogen) atoms. The van der Waals surface area contributed by atoms with Crippen molar-refractivity contribution in [3.8, 4) is 11.5 Å². The Morgan fingerprint density at radius 2 is 1.23 bits per heavy atom. The molecule has 8 nitrogen and oxygen atoms in total. The fourth-order valence-electron chi connectivity index (χ4n) is 7.19. The van der Waals surface area contributed by atoms with Crippen LogP contribution in [0.25, 0.3) is 10.8 Å². The van der Waals surface area contributed by atoms with Crippen molar-refractivity contribution in [2.75, 3.05) is 0 Å². The van der Waals surface area contributed by atoms with Crippen LogP contribution in [0.1, 0.15) is 127 Å². The van der Waals surface area contributed by atoms with Crippen LogP contribution in [0.2, 0.25) is 0 Å². The van der Waals surface area contributed by atoms with Crippen LogP contribution in [-0.4, -0.2) is 57.0 Å². The molecule has 3 aromatic carbocycles. The number of hydrogen-bond donors (Lipinski definition) is 4. The smallest absolute Gasteiger partial charge is 0.188 e. The summed E-state index contributed by atoms with van der Waals surface area (Å²) in [5.41, 5.74) is 1.28. The molecule has 0 radical (unpaired) electrons. The van der Waals surface area contributed by atoms with E-state index in [0.717, 1.165) is 81.4 Å². The molecular weight excluding hydrogens is 608 g/mol. The highest BCUT2D eigenvalue weighted by Crippen LogP contribution is 2.41. The summed E-state index contributed by atoms with van der Waals surface area (Å²) in [5.74, 6) is 0.309. The van der Waals surface area contributed by atoms with E-state index in [1.54, 1.807) is 18.2 Å². The second-order valence-corrected chi connectivity index (χ2v) is 13.8. The maximum Gasteiger partial charge on any atom is 0.188 e. The van der Waals surface area contributed by atoms with Gasteiger partial charge in [0, 0.05) is 18.4 Å². The number of unbranched alkanes of at least 4 members (excludes halogenated alkanes) is 2. The molecule has 8 unspecified atom stereocenters. The van der Waals surface area contributed by atoms with Crippen molar-refractivity contribution in [1.29, 1.82) is 0 Å². The Bertz CT molecular complexity index is 1400. The van der Waals surface area contributed by atoms with Gasteiger partial charge in [0.05, 0.1) is 42.2 Å². The van der Waals surface area contributed by atoms with Gasteiger partial charge >= 0.3 is 0 Å². The van der Waals surface area contributed by atoms with Crippen LogP contribution in [0, 0.1) is 0 Å². The van der Waals surface area contributed by atoms with Gasteiger partial charge in [0.15, 0.2) is 12.6 Å². The Kier molecular flexibility index (Phi) is 14.0. The summed E-state index contributed by atoms with van der Waals surface area (Å²) in [4.78, 5) is 0. The first kappa shape index (κ1) is 36.6. The Labute approximate surface area is 286 Å². The first-order valence-corrected chi connectivity index (χ1v) is 18.3. The summed E-state index contributed by atoms with van der Waals surface area (Å²) in [5, 5.41) is 44.6. The van der Waals surface area contributed by atoms with E-state index in [1.807, 2.05) is 49.4 Å². The van der Waals surface area contributed by atoms with Crippen molar-refractivity contribution in [2.24, 2.45) is 0 Å². The largest absolute Gasteiger partial charge is 0.507 e. The number of aliphatic hydroxyl groups excluding tert-OH is 2. The van der Waals surface area contributed by atoms with E-state index in [4.69, 9.17) is 18.9 Å². The van der Waals surface area contributed by atoms with E-state index in [0.29, 0.717) is 30.4 Å². The molecular formula is C40H56O8. The molecule has 2 fully saturated rings. The van der Waals surface area contributed by atoms with Gasteiger partial charge in [-0.3, -0.25) is 0 Å². The molecule has 2 saturated heterocycles. The van der Waals surface area contributed by atoms with Crippen molar-refractivity contribution >= 4 is 10.8 Å². The number of aliphatic hydroxyl groups is 2. The van der Waals surface area contributed by atoms with Crippen molar-refractivity contribution in [1.82, 2.24) is 0 Å². The number of phenols is 2. The molecule has 2 heterocycles. The number of phenolic OH excluding ortho intramolecular Hbond substituents is 2. The molecule has 5 rings (SSSR count). The third-order valence-electron chi connectivity index (χ3n) is 9.95. The zero-order chi connectivity index (χ0) is 33.9. The van der Waals surface area contributed by atoms with Gasteiger partial charge in [0.2, 0.25) is 0 Å². The van der Waals surface area contributed by atoms with Gasteiger partial charge in [0.25, 0.3) is 0 Å². The van der Waals surface area contributed by atoms with Crippen LogP contribution in [0.15, 0.2) is 60.7 Å². The van der Waals surface area contributed by atoms with E-state index in [1.165, 1.54) is 0 Å². The monoisotopic (exact) mass is 664 g/mol. The minimum atomic E-state index is -0.703. The topological polar surface area (TPSA) is 118 Å². The highest BCUT2D eigenvalue weighted by atomic mass is 16.7. The lowest BCUT2D eigenvalue weighted by atomic mass is 9.95. The first-order valence-electron chi connectivity index (χ1n) is 18.3. The normalized spacial score (nSPS) is 26.0. The number of benzene rings is 3. The minimum Gasteiger partial charge on any atom is -0.507 e. The number of aromatic hydroxyl groups is 2. The number of ether oxygens (including phenoxy) is 4. The summed E-state index contributed by atoms with van der Waals surface area (Å²) in [6.45, 7) is 4.18. The molecule has 2 aliphatic heterocycles. The van der Waals surface area contributed by atoms with E-state index in [9.17, 15) is 20.4 Å². The average molecular weight is 665 g/mol. The lowest BCUT2D eigenvalue weighted by Gasteiger charge is -2.38. The zero-order valence-electron chi connectivity index (χ0n) is 28.7. The predicted molar refractivity (Wildman–Crippen MR) is 187 cm³/mol. The highest BCUT2D eigenvalue weighted by Gasteiger charge is 2.35. The van der Waals surface area contributed by atoms with Crippen LogP contribution in [0.5, 0.6) is 11.5 Å². The summed E-state index contributed by atoms with van der Waals surface area (Å²) in [6, 6.07) is 18.7. The van der Waals surface area contributed by atoms with Gasteiger partial charge in [-0.15, -0.1) is 0 Å². The van der Waals surface area contributed by atoms with Gasteiger partial charge in [-0.05, 0) is 80.7 Å². The predicted octanol–water partition coefficient (Wildman–Crippen LogP) is 8.74. The van der Waals surface area contributed by atoms with Crippen LogP contribution in [0.4, 0.5) is 0 Å². The van der Waals surface area contributed by atoms with Gasteiger partial charge in [-0.2, -0.15) is 0 Å². The van der Waals surface area contributed by atoms with Crippen LogP contribution >= 0.6 is 0 Å². The molecule has 8 atom stereocenters. The molecule has 0 aliphatic carbocycles. The Hall–Kier alpha value is -2.72. The molecule has 8 heteroatoms. The van der Waals surface area contributed by atoms with Crippen molar-refractivity contribution in [3.05, 3.63) is 71.8 Å². The second kappa shape index (κ2) is 18.3. The Balaban J connectivity index is 1.19. The third kappa shape index (κ3) is 10.2. The molecule has 0 amide bonds. The first-order chi connectivity index (χ1) is 23.3. The SMILES string of the molecule is CCCCCC1CC(CC(O)CCCC2CC(CCCC(O)CC)OC(c3ccccc3O)O2)OC(c2c(O)ccc3ccccc23)O1. The lowest BCUT2D eigenvalue weighted by Crippen LogP contribution is -2.36. The standard InChI is InChI=1S/C40H56O8/c1-3-5-6-16-30-26-33(48-40(47-30)38-34-19-8-7-13-27(34)22-23-37(38)44)24-29(42)15-12-18-32-25-31(17-11-14-28(41)4-2)45-39(46-32)35-20-9-10-21-36(35)43/h7-10,13,19-23,28-33,39-44H,3-6,11-12,14-18,24-26H2,1-2H3. The van der Waals surface area contributed by atoms with Crippen LogP contribution in [-0.2, 0) is 18.9 Å². The molecule has 0 saturated carbocycles. The number of hydrogen-bond acceptors (Lipinski definition) is 8. The molecule has 264 valence electrons. The summed E-state index contributed by atoms with van der Waals surface area (Å²) < 4.78 is 25.6. The quantitative estimate of drug-likeness (QED) is 0.106. The van der Waals surface area contributed by atoms with Gasteiger partial charge in [0.1, 0.15) is 11.5 Å². The Morgan fingerprint density at radius 1 is 0.625 bits per heavy atom. The maximum absolute atomic E-state index is 11.2. The van der Waals surface area contributed by atoms with Gasteiger partial charge in [-0.1, -0.05) is 81.6 Å². The molecule has 0 bridgehead atoms. The van der Waals surface area contributed by atoms with E-state index in [2.05, 4.69) is 6.92 Å². The number of para-hydroxylation sites is 1. The van der Waals surface area contributed by atoms with Crippen molar-refractivity contribution in [2.45, 2.75) is 153 Å².